The molecular formula is C14H17BrN4. The highest BCUT2D eigenvalue weighted by Gasteiger charge is 2.03. The van der Waals surface area contributed by atoms with E-state index in [0.717, 1.165) is 28.9 Å². The van der Waals surface area contributed by atoms with Crippen molar-refractivity contribution < 1.29 is 0 Å². The normalized spacial score (nSPS) is 10.3. The van der Waals surface area contributed by atoms with Crippen LogP contribution in [0.15, 0.2) is 34.9 Å². The fraction of sp³-hybridized carbons (Fsp3) is 0.286. The van der Waals surface area contributed by atoms with E-state index in [1.807, 2.05) is 32.2 Å². The summed E-state index contributed by atoms with van der Waals surface area (Å²) in [7, 11) is 0. The summed E-state index contributed by atoms with van der Waals surface area (Å²) < 4.78 is 1.09. The monoisotopic (exact) mass is 320 g/mol. The molecule has 0 radical (unpaired) electrons. The Morgan fingerprint density at radius 2 is 1.89 bits per heavy atom. The van der Waals surface area contributed by atoms with E-state index < -0.39 is 0 Å². The van der Waals surface area contributed by atoms with Gasteiger partial charge in [-0.3, -0.25) is 0 Å². The minimum absolute atomic E-state index is 0.659. The number of hydrogen-bond acceptors (Lipinski definition) is 4. The van der Waals surface area contributed by atoms with Crippen LogP contribution >= 0.6 is 15.9 Å². The van der Waals surface area contributed by atoms with Gasteiger partial charge in [-0.05, 0) is 31.5 Å². The molecule has 0 saturated heterocycles. The second kappa shape index (κ2) is 6.52. The molecular weight excluding hydrogens is 304 g/mol. The Balaban J connectivity index is 2.05. The number of nitrogens with one attached hydrogen (secondary N) is 2. The van der Waals surface area contributed by atoms with E-state index in [1.54, 1.807) is 0 Å². The number of aryl methyl sites for hydroxylation is 1. The van der Waals surface area contributed by atoms with Crippen molar-refractivity contribution in [3.8, 4) is 0 Å². The predicted octanol–water partition coefficient (Wildman–Crippen LogP) is 3.59. The van der Waals surface area contributed by atoms with Crippen LogP contribution < -0.4 is 10.6 Å². The first-order chi connectivity index (χ1) is 9.19. The van der Waals surface area contributed by atoms with Gasteiger partial charge in [-0.15, -0.1) is 0 Å². The molecule has 2 N–H and O–H groups in total. The number of hydrogen-bond donors (Lipinski definition) is 2. The zero-order valence-corrected chi connectivity index (χ0v) is 12.7. The summed E-state index contributed by atoms with van der Waals surface area (Å²) in [5.41, 5.74) is 2.25. The standard InChI is InChI=1S/C14H17BrN4/c1-3-16-14-18-8-10(2)13(19-14)17-9-11-4-6-12(15)7-5-11/h4-8H,3,9H2,1-2H3,(H2,16,17,18,19). The molecule has 4 nitrogen and oxygen atoms in total. The quantitative estimate of drug-likeness (QED) is 0.883. The van der Waals surface area contributed by atoms with E-state index in [1.165, 1.54) is 5.56 Å². The third-order valence-corrected chi connectivity index (χ3v) is 3.21. The SMILES string of the molecule is CCNc1ncc(C)c(NCc2ccc(Br)cc2)n1. The summed E-state index contributed by atoms with van der Waals surface area (Å²) in [4.78, 5) is 8.68. The molecule has 0 aliphatic carbocycles. The number of anilines is 2. The lowest BCUT2D eigenvalue weighted by Gasteiger charge is -2.10. The molecule has 0 atom stereocenters. The number of aromatic nitrogens is 2. The summed E-state index contributed by atoms with van der Waals surface area (Å²) in [6.07, 6.45) is 1.83. The Kier molecular flexibility index (Phi) is 4.74. The number of rotatable bonds is 5. The Hall–Kier alpha value is -1.62. The fourth-order valence-corrected chi connectivity index (χ4v) is 1.92. The van der Waals surface area contributed by atoms with Crippen molar-refractivity contribution in [1.82, 2.24) is 9.97 Å². The van der Waals surface area contributed by atoms with Gasteiger partial charge in [0.2, 0.25) is 5.95 Å². The summed E-state index contributed by atoms with van der Waals surface area (Å²) >= 11 is 3.43. The molecule has 0 unspecified atom stereocenters. The second-order valence-corrected chi connectivity index (χ2v) is 5.15. The van der Waals surface area contributed by atoms with Gasteiger partial charge in [0, 0.05) is 29.3 Å². The van der Waals surface area contributed by atoms with Crippen LogP contribution in [-0.2, 0) is 6.54 Å². The molecule has 100 valence electrons. The van der Waals surface area contributed by atoms with Gasteiger partial charge >= 0.3 is 0 Å². The van der Waals surface area contributed by atoms with E-state index >= 15 is 0 Å². The average molecular weight is 321 g/mol. The highest BCUT2D eigenvalue weighted by Crippen LogP contribution is 2.15. The van der Waals surface area contributed by atoms with Crippen molar-refractivity contribution in [3.05, 3.63) is 46.1 Å². The molecule has 0 amide bonds. The van der Waals surface area contributed by atoms with E-state index in [0.29, 0.717) is 5.95 Å². The van der Waals surface area contributed by atoms with Crippen LogP contribution in [0.25, 0.3) is 0 Å². The number of nitrogens with zero attached hydrogens (tertiary/aromatic N) is 2. The molecule has 0 aliphatic rings. The third-order valence-electron chi connectivity index (χ3n) is 2.68. The van der Waals surface area contributed by atoms with Crippen LogP contribution in [0.2, 0.25) is 0 Å². The molecule has 2 rings (SSSR count). The van der Waals surface area contributed by atoms with E-state index in [9.17, 15) is 0 Å². The topological polar surface area (TPSA) is 49.8 Å². The molecule has 0 aliphatic heterocycles. The molecule has 0 fully saturated rings. The minimum atomic E-state index is 0.659. The van der Waals surface area contributed by atoms with Crippen molar-refractivity contribution in [2.24, 2.45) is 0 Å². The van der Waals surface area contributed by atoms with Gasteiger partial charge in [0.1, 0.15) is 5.82 Å². The van der Waals surface area contributed by atoms with Gasteiger partial charge < -0.3 is 10.6 Å². The molecule has 1 aromatic carbocycles. The highest BCUT2D eigenvalue weighted by atomic mass is 79.9. The van der Waals surface area contributed by atoms with Gasteiger partial charge in [0.25, 0.3) is 0 Å². The summed E-state index contributed by atoms with van der Waals surface area (Å²) in [5, 5.41) is 6.45. The van der Waals surface area contributed by atoms with E-state index in [2.05, 4.69) is 48.7 Å². The Labute approximate surface area is 121 Å². The first kappa shape index (κ1) is 13.8. The van der Waals surface area contributed by atoms with Crippen molar-refractivity contribution in [1.29, 1.82) is 0 Å². The maximum atomic E-state index is 4.45. The average Bonchev–Trinajstić information content (AvgIpc) is 2.41. The molecule has 1 aromatic heterocycles. The first-order valence-corrected chi connectivity index (χ1v) is 7.04. The maximum Gasteiger partial charge on any atom is 0.224 e. The lowest BCUT2D eigenvalue weighted by molar-refractivity contribution is 1.03. The second-order valence-electron chi connectivity index (χ2n) is 4.24. The van der Waals surface area contributed by atoms with Gasteiger partial charge in [-0.2, -0.15) is 4.98 Å². The van der Waals surface area contributed by atoms with Crippen LogP contribution in [0.5, 0.6) is 0 Å². The number of halogens is 1. The van der Waals surface area contributed by atoms with Crippen LogP contribution in [0.4, 0.5) is 11.8 Å². The molecule has 19 heavy (non-hydrogen) atoms. The zero-order chi connectivity index (χ0) is 13.7. The fourth-order valence-electron chi connectivity index (χ4n) is 1.65. The Morgan fingerprint density at radius 1 is 1.16 bits per heavy atom. The lowest BCUT2D eigenvalue weighted by atomic mass is 10.2. The van der Waals surface area contributed by atoms with Crippen LogP contribution in [-0.4, -0.2) is 16.5 Å². The van der Waals surface area contributed by atoms with E-state index in [-0.39, 0.29) is 0 Å². The number of benzene rings is 1. The van der Waals surface area contributed by atoms with Gasteiger partial charge in [-0.25, -0.2) is 4.98 Å². The molecule has 2 aromatic rings. The Morgan fingerprint density at radius 3 is 2.58 bits per heavy atom. The molecule has 5 heteroatoms. The van der Waals surface area contributed by atoms with Crippen LogP contribution in [0.3, 0.4) is 0 Å². The molecule has 1 heterocycles. The lowest BCUT2D eigenvalue weighted by Crippen LogP contribution is -2.08. The largest absolute Gasteiger partial charge is 0.366 e. The van der Waals surface area contributed by atoms with Crippen molar-refractivity contribution in [2.45, 2.75) is 20.4 Å². The minimum Gasteiger partial charge on any atom is -0.366 e. The van der Waals surface area contributed by atoms with Crippen molar-refractivity contribution in [2.75, 3.05) is 17.2 Å². The predicted molar refractivity (Wildman–Crippen MR) is 82.4 cm³/mol. The first-order valence-electron chi connectivity index (χ1n) is 6.25. The third kappa shape index (κ3) is 3.92. The molecule has 0 bridgehead atoms. The summed E-state index contributed by atoms with van der Waals surface area (Å²) in [5.74, 6) is 1.53. The van der Waals surface area contributed by atoms with Crippen LogP contribution in [0.1, 0.15) is 18.1 Å². The summed E-state index contributed by atoms with van der Waals surface area (Å²) in [6.45, 7) is 5.59. The zero-order valence-electron chi connectivity index (χ0n) is 11.1. The highest BCUT2D eigenvalue weighted by molar-refractivity contribution is 9.10. The van der Waals surface area contributed by atoms with Gasteiger partial charge in [-0.1, -0.05) is 28.1 Å². The van der Waals surface area contributed by atoms with E-state index in [4.69, 9.17) is 0 Å². The Bertz CT molecular complexity index is 540. The molecule has 0 spiro atoms. The van der Waals surface area contributed by atoms with Crippen molar-refractivity contribution >= 4 is 27.7 Å². The smallest absolute Gasteiger partial charge is 0.224 e. The van der Waals surface area contributed by atoms with Gasteiger partial charge in [0.05, 0.1) is 0 Å². The summed E-state index contributed by atoms with van der Waals surface area (Å²) in [6, 6.07) is 8.24. The maximum absolute atomic E-state index is 4.45. The van der Waals surface area contributed by atoms with Gasteiger partial charge in [0.15, 0.2) is 0 Å². The van der Waals surface area contributed by atoms with Crippen molar-refractivity contribution in [3.63, 3.8) is 0 Å². The molecule has 0 saturated carbocycles. The van der Waals surface area contributed by atoms with Crippen LogP contribution in [0, 0.1) is 6.92 Å².